The predicted octanol–water partition coefficient (Wildman–Crippen LogP) is 3.21. The smallest absolute Gasteiger partial charge is 0.161 e. The van der Waals surface area contributed by atoms with E-state index in [1.807, 2.05) is 12.1 Å². The van der Waals surface area contributed by atoms with Gasteiger partial charge in [0.2, 0.25) is 0 Å². The summed E-state index contributed by atoms with van der Waals surface area (Å²) in [5.74, 6) is 1.84. The normalized spacial score (nSPS) is 25.7. The SMILES string of the molecule is OC1CCCCC1N1CCC(Nc2nc(-c3ccncc3)nc3c2CCC3)CC1. The number of rotatable bonds is 4. The summed E-state index contributed by atoms with van der Waals surface area (Å²) < 4.78 is 0. The van der Waals surface area contributed by atoms with E-state index < -0.39 is 0 Å². The van der Waals surface area contributed by atoms with Gasteiger partial charge in [-0.05, 0) is 57.1 Å². The van der Waals surface area contributed by atoms with E-state index in [1.54, 1.807) is 12.4 Å². The molecule has 2 unspecified atom stereocenters. The lowest BCUT2D eigenvalue weighted by molar-refractivity contribution is 0.00992. The Morgan fingerprint density at radius 3 is 2.52 bits per heavy atom. The maximum absolute atomic E-state index is 10.4. The quantitative estimate of drug-likeness (QED) is 0.831. The van der Waals surface area contributed by atoms with Gasteiger partial charge in [-0.15, -0.1) is 0 Å². The number of aliphatic hydroxyl groups is 1. The monoisotopic (exact) mass is 393 g/mol. The number of likely N-dealkylation sites (tertiary alicyclic amines) is 1. The summed E-state index contributed by atoms with van der Waals surface area (Å²) >= 11 is 0. The van der Waals surface area contributed by atoms with Crippen molar-refractivity contribution in [3.05, 3.63) is 35.8 Å². The van der Waals surface area contributed by atoms with Crippen molar-refractivity contribution >= 4 is 5.82 Å². The van der Waals surface area contributed by atoms with Crippen molar-refractivity contribution in [2.24, 2.45) is 0 Å². The summed E-state index contributed by atoms with van der Waals surface area (Å²) in [6.45, 7) is 2.12. The number of pyridine rings is 1. The van der Waals surface area contributed by atoms with Crippen LogP contribution in [0.2, 0.25) is 0 Å². The van der Waals surface area contributed by atoms with E-state index in [4.69, 9.17) is 9.97 Å². The molecule has 1 saturated heterocycles. The number of anilines is 1. The van der Waals surface area contributed by atoms with Gasteiger partial charge in [0.05, 0.1) is 6.10 Å². The Balaban J connectivity index is 1.29. The minimum Gasteiger partial charge on any atom is -0.391 e. The zero-order chi connectivity index (χ0) is 19.6. The molecule has 5 rings (SSSR count). The molecule has 1 saturated carbocycles. The molecular formula is C23H31N5O. The summed E-state index contributed by atoms with van der Waals surface area (Å²) in [7, 11) is 0. The molecule has 2 aromatic heterocycles. The number of nitrogens with one attached hydrogen (secondary N) is 1. The standard InChI is InChI=1S/C23H31N5O/c29-21-7-2-1-6-20(21)28-14-10-17(11-15-28)25-23-18-4-3-5-19(18)26-22(27-23)16-8-12-24-13-9-16/h8-9,12-13,17,20-21,29H,1-7,10-11,14-15H2,(H,25,26,27). The Hall–Kier alpha value is -2.05. The van der Waals surface area contributed by atoms with Gasteiger partial charge in [0.15, 0.2) is 5.82 Å². The number of aromatic nitrogens is 3. The molecule has 0 bridgehead atoms. The van der Waals surface area contributed by atoms with E-state index in [0.29, 0.717) is 12.1 Å². The zero-order valence-corrected chi connectivity index (χ0v) is 17.1. The van der Waals surface area contributed by atoms with Gasteiger partial charge in [-0.1, -0.05) is 12.8 Å². The van der Waals surface area contributed by atoms with Gasteiger partial charge in [0.25, 0.3) is 0 Å². The topological polar surface area (TPSA) is 74.2 Å². The van der Waals surface area contributed by atoms with Gasteiger partial charge in [-0.3, -0.25) is 9.88 Å². The van der Waals surface area contributed by atoms with E-state index in [-0.39, 0.29) is 6.10 Å². The van der Waals surface area contributed by atoms with Crippen molar-refractivity contribution < 1.29 is 5.11 Å². The number of hydrogen-bond acceptors (Lipinski definition) is 6. The first-order chi connectivity index (χ1) is 14.3. The third-order valence-corrected chi connectivity index (χ3v) is 6.90. The second-order valence-electron chi connectivity index (χ2n) is 8.78. The molecule has 2 N–H and O–H groups in total. The zero-order valence-electron chi connectivity index (χ0n) is 17.1. The largest absolute Gasteiger partial charge is 0.391 e. The molecule has 2 atom stereocenters. The number of fused-ring (bicyclic) bond motifs is 1. The summed E-state index contributed by atoms with van der Waals surface area (Å²) in [4.78, 5) is 16.4. The van der Waals surface area contributed by atoms with Crippen molar-refractivity contribution in [1.82, 2.24) is 19.9 Å². The number of aliphatic hydroxyl groups excluding tert-OH is 1. The van der Waals surface area contributed by atoms with Crippen molar-refractivity contribution in [1.29, 1.82) is 0 Å². The van der Waals surface area contributed by atoms with Crippen LogP contribution in [0, 0.1) is 0 Å². The Bertz CT molecular complexity index is 835. The Kier molecular flexibility index (Phi) is 5.46. The van der Waals surface area contributed by atoms with E-state index >= 15 is 0 Å². The Labute approximate surface area is 172 Å². The van der Waals surface area contributed by atoms with Crippen molar-refractivity contribution in [2.75, 3.05) is 18.4 Å². The number of piperidine rings is 1. The van der Waals surface area contributed by atoms with E-state index in [1.165, 1.54) is 24.1 Å². The van der Waals surface area contributed by atoms with Crippen LogP contribution in [0.3, 0.4) is 0 Å². The molecule has 1 aliphatic heterocycles. The fourth-order valence-corrected chi connectivity index (χ4v) is 5.27. The molecule has 154 valence electrons. The Morgan fingerprint density at radius 2 is 1.72 bits per heavy atom. The first kappa shape index (κ1) is 18.9. The molecule has 0 aromatic carbocycles. The molecule has 2 aromatic rings. The van der Waals surface area contributed by atoms with Gasteiger partial charge in [-0.25, -0.2) is 9.97 Å². The molecule has 6 nitrogen and oxygen atoms in total. The van der Waals surface area contributed by atoms with Crippen molar-refractivity contribution in [3.8, 4) is 11.4 Å². The van der Waals surface area contributed by atoms with Crippen LogP contribution in [0.4, 0.5) is 5.82 Å². The van der Waals surface area contributed by atoms with Crippen molar-refractivity contribution in [2.45, 2.75) is 76.0 Å². The maximum atomic E-state index is 10.4. The molecule has 29 heavy (non-hydrogen) atoms. The highest BCUT2D eigenvalue weighted by atomic mass is 16.3. The van der Waals surface area contributed by atoms with Crippen LogP contribution in [-0.4, -0.2) is 56.2 Å². The molecule has 0 spiro atoms. The second kappa shape index (κ2) is 8.36. The van der Waals surface area contributed by atoms with Crippen LogP contribution in [0.1, 0.15) is 56.2 Å². The van der Waals surface area contributed by atoms with E-state index in [9.17, 15) is 5.11 Å². The Morgan fingerprint density at radius 1 is 0.931 bits per heavy atom. The summed E-state index contributed by atoms with van der Waals surface area (Å²) in [5.41, 5.74) is 3.55. The third kappa shape index (κ3) is 4.01. The fraction of sp³-hybridized carbons (Fsp3) is 0.609. The molecule has 2 fully saturated rings. The third-order valence-electron chi connectivity index (χ3n) is 6.90. The van der Waals surface area contributed by atoms with Gasteiger partial charge in [0, 0.05) is 54.4 Å². The van der Waals surface area contributed by atoms with Gasteiger partial charge in [-0.2, -0.15) is 0 Å². The predicted molar refractivity (Wildman–Crippen MR) is 114 cm³/mol. The average molecular weight is 394 g/mol. The molecule has 2 aliphatic carbocycles. The highest BCUT2D eigenvalue weighted by Crippen LogP contribution is 2.31. The lowest BCUT2D eigenvalue weighted by Crippen LogP contribution is -2.50. The molecule has 3 heterocycles. The van der Waals surface area contributed by atoms with E-state index in [0.717, 1.165) is 75.2 Å². The lowest BCUT2D eigenvalue weighted by Gasteiger charge is -2.41. The van der Waals surface area contributed by atoms with Crippen LogP contribution in [0.25, 0.3) is 11.4 Å². The van der Waals surface area contributed by atoms with E-state index in [2.05, 4.69) is 15.2 Å². The van der Waals surface area contributed by atoms with Crippen LogP contribution in [-0.2, 0) is 12.8 Å². The first-order valence-corrected chi connectivity index (χ1v) is 11.3. The highest BCUT2D eigenvalue weighted by Gasteiger charge is 2.32. The maximum Gasteiger partial charge on any atom is 0.161 e. The average Bonchev–Trinajstić information content (AvgIpc) is 3.25. The first-order valence-electron chi connectivity index (χ1n) is 11.3. The van der Waals surface area contributed by atoms with Crippen LogP contribution in [0.5, 0.6) is 0 Å². The number of nitrogens with zero attached hydrogens (tertiary/aromatic N) is 4. The fourth-order valence-electron chi connectivity index (χ4n) is 5.27. The van der Waals surface area contributed by atoms with Gasteiger partial charge < -0.3 is 10.4 Å². The van der Waals surface area contributed by atoms with Gasteiger partial charge >= 0.3 is 0 Å². The second-order valence-corrected chi connectivity index (χ2v) is 8.78. The minimum absolute atomic E-state index is 0.138. The minimum atomic E-state index is -0.138. The number of hydrogen-bond donors (Lipinski definition) is 2. The highest BCUT2D eigenvalue weighted by molar-refractivity contribution is 5.60. The van der Waals surface area contributed by atoms with Crippen LogP contribution < -0.4 is 5.32 Å². The number of aryl methyl sites for hydroxylation is 1. The molecule has 0 radical (unpaired) electrons. The van der Waals surface area contributed by atoms with Crippen LogP contribution >= 0.6 is 0 Å². The summed E-state index contributed by atoms with van der Waals surface area (Å²) in [6, 6.07) is 4.77. The molecule has 6 heteroatoms. The van der Waals surface area contributed by atoms with Crippen molar-refractivity contribution in [3.63, 3.8) is 0 Å². The van der Waals surface area contributed by atoms with Gasteiger partial charge in [0.1, 0.15) is 5.82 Å². The molecule has 0 amide bonds. The lowest BCUT2D eigenvalue weighted by atomic mass is 9.89. The summed E-state index contributed by atoms with van der Waals surface area (Å²) in [5, 5.41) is 14.2. The van der Waals surface area contributed by atoms with Crippen LogP contribution in [0.15, 0.2) is 24.5 Å². The molecular weight excluding hydrogens is 362 g/mol. The molecule has 3 aliphatic rings. The summed E-state index contributed by atoms with van der Waals surface area (Å²) in [6.07, 6.45) is 13.5.